The summed E-state index contributed by atoms with van der Waals surface area (Å²) in [7, 11) is 0. The van der Waals surface area contributed by atoms with Crippen LogP contribution in [0.5, 0.6) is 0 Å². The van der Waals surface area contributed by atoms with Crippen LogP contribution in [0.25, 0.3) is 22.3 Å². The van der Waals surface area contributed by atoms with E-state index in [2.05, 4.69) is 93.1 Å². The molecule has 0 aliphatic heterocycles. The van der Waals surface area contributed by atoms with Gasteiger partial charge < -0.3 is 0 Å². The molecule has 0 saturated heterocycles. The van der Waals surface area contributed by atoms with Gasteiger partial charge in [-0.2, -0.15) is 0 Å². The average Bonchev–Trinajstić information content (AvgIpc) is 2.61. The van der Waals surface area contributed by atoms with Crippen molar-refractivity contribution >= 4 is 0 Å². The highest BCUT2D eigenvalue weighted by Gasteiger charge is 2.11. The van der Waals surface area contributed by atoms with Crippen LogP contribution in [0.4, 0.5) is 0 Å². The highest BCUT2D eigenvalue weighted by molar-refractivity contribution is 5.86. The second-order valence-corrected chi connectivity index (χ2v) is 5.94. The molecule has 23 heavy (non-hydrogen) atoms. The topological polar surface area (TPSA) is 0 Å². The van der Waals surface area contributed by atoms with Gasteiger partial charge >= 0.3 is 0 Å². The second kappa shape index (κ2) is 7.28. The highest BCUT2D eigenvalue weighted by atomic mass is 14.1. The van der Waals surface area contributed by atoms with Gasteiger partial charge in [0.2, 0.25) is 0 Å². The lowest BCUT2D eigenvalue weighted by Crippen LogP contribution is -1.92. The molecule has 0 amide bonds. The van der Waals surface area contributed by atoms with Crippen molar-refractivity contribution in [3.8, 4) is 22.3 Å². The van der Waals surface area contributed by atoms with Crippen molar-refractivity contribution < 1.29 is 0 Å². The maximum atomic E-state index is 2.35. The van der Waals surface area contributed by atoms with Crippen LogP contribution in [0.2, 0.25) is 0 Å². The summed E-state index contributed by atoms with van der Waals surface area (Å²) in [4.78, 5) is 0. The lowest BCUT2D eigenvalue weighted by Gasteiger charge is -2.15. The van der Waals surface area contributed by atoms with E-state index in [1.54, 1.807) is 0 Å². The SMILES string of the molecule is CCC[CH]c1ccccc1-c1ccccc1-c1ccccc1C. The Morgan fingerprint density at radius 1 is 0.652 bits per heavy atom. The first-order chi connectivity index (χ1) is 11.3. The summed E-state index contributed by atoms with van der Waals surface area (Å²) in [5, 5.41) is 0. The predicted octanol–water partition coefficient (Wildman–Crippen LogP) is 6.68. The van der Waals surface area contributed by atoms with Gasteiger partial charge in [0.05, 0.1) is 0 Å². The van der Waals surface area contributed by atoms with Gasteiger partial charge in [0, 0.05) is 0 Å². The minimum Gasteiger partial charge on any atom is -0.0654 e. The number of aryl methyl sites for hydroxylation is 1. The van der Waals surface area contributed by atoms with Gasteiger partial charge in [-0.15, -0.1) is 0 Å². The monoisotopic (exact) mass is 299 g/mol. The Bertz CT molecular complexity index is 783. The molecule has 0 spiro atoms. The van der Waals surface area contributed by atoms with Crippen molar-refractivity contribution in [1.29, 1.82) is 0 Å². The molecule has 0 aliphatic rings. The molecule has 0 saturated carbocycles. The maximum Gasteiger partial charge on any atom is -0.00868 e. The average molecular weight is 299 g/mol. The number of hydrogen-bond acceptors (Lipinski definition) is 0. The summed E-state index contributed by atoms with van der Waals surface area (Å²) in [5.74, 6) is 0. The van der Waals surface area contributed by atoms with Crippen LogP contribution in [-0.4, -0.2) is 0 Å². The van der Waals surface area contributed by atoms with E-state index in [-0.39, 0.29) is 0 Å². The van der Waals surface area contributed by atoms with Crippen LogP contribution >= 0.6 is 0 Å². The summed E-state index contributed by atoms with van der Waals surface area (Å²) in [5.41, 5.74) is 7.89. The van der Waals surface area contributed by atoms with E-state index in [4.69, 9.17) is 0 Å². The molecule has 115 valence electrons. The molecule has 0 atom stereocenters. The number of rotatable bonds is 5. The highest BCUT2D eigenvalue weighted by Crippen LogP contribution is 2.36. The van der Waals surface area contributed by atoms with E-state index in [0.29, 0.717) is 0 Å². The molecule has 0 nitrogen and oxygen atoms in total. The van der Waals surface area contributed by atoms with Crippen LogP contribution in [0, 0.1) is 13.3 Å². The van der Waals surface area contributed by atoms with Crippen LogP contribution in [0.15, 0.2) is 72.8 Å². The maximum absolute atomic E-state index is 2.35. The third-order valence-corrected chi connectivity index (χ3v) is 4.27. The quantitative estimate of drug-likeness (QED) is 0.493. The Morgan fingerprint density at radius 3 is 1.83 bits per heavy atom. The molecule has 3 aromatic carbocycles. The van der Waals surface area contributed by atoms with Gasteiger partial charge in [0.1, 0.15) is 0 Å². The first-order valence-electron chi connectivity index (χ1n) is 8.39. The number of benzene rings is 3. The van der Waals surface area contributed by atoms with Gasteiger partial charge in [-0.05, 0) is 53.1 Å². The predicted molar refractivity (Wildman–Crippen MR) is 100 cm³/mol. The second-order valence-electron chi connectivity index (χ2n) is 5.94. The van der Waals surface area contributed by atoms with Crippen molar-refractivity contribution in [2.75, 3.05) is 0 Å². The number of unbranched alkanes of at least 4 members (excludes halogenated alkanes) is 1. The molecule has 0 fully saturated rings. The Balaban J connectivity index is 2.14. The summed E-state index contributed by atoms with van der Waals surface area (Å²) in [6.45, 7) is 4.40. The Morgan fingerprint density at radius 2 is 1.17 bits per heavy atom. The third-order valence-electron chi connectivity index (χ3n) is 4.27. The van der Waals surface area contributed by atoms with Crippen LogP contribution in [-0.2, 0) is 0 Å². The lowest BCUT2D eigenvalue weighted by molar-refractivity contribution is 0.914. The van der Waals surface area contributed by atoms with Gasteiger partial charge in [-0.25, -0.2) is 0 Å². The van der Waals surface area contributed by atoms with E-state index < -0.39 is 0 Å². The van der Waals surface area contributed by atoms with Crippen molar-refractivity contribution in [1.82, 2.24) is 0 Å². The van der Waals surface area contributed by atoms with Crippen molar-refractivity contribution in [3.63, 3.8) is 0 Å². The fourth-order valence-electron chi connectivity index (χ4n) is 3.05. The largest absolute Gasteiger partial charge is 0.0654 e. The molecule has 0 heterocycles. The van der Waals surface area contributed by atoms with E-state index in [1.165, 1.54) is 39.8 Å². The molecular weight excluding hydrogens is 276 g/mol. The summed E-state index contributed by atoms with van der Waals surface area (Å²) in [6, 6.07) is 26.1. The van der Waals surface area contributed by atoms with Gasteiger partial charge in [0.15, 0.2) is 0 Å². The molecule has 3 aromatic rings. The molecular formula is C23H23. The zero-order valence-corrected chi connectivity index (χ0v) is 13.9. The van der Waals surface area contributed by atoms with Crippen molar-refractivity contribution in [2.45, 2.75) is 26.7 Å². The summed E-state index contributed by atoms with van der Waals surface area (Å²) < 4.78 is 0. The minimum absolute atomic E-state index is 1.11. The molecule has 0 unspecified atom stereocenters. The van der Waals surface area contributed by atoms with E-state index in [9.17, 15) is 0 Å². The van der Waals surface area contributed by atoms with E-state index >= 15 is 0 Å². The van der Waals surface area contributed by atoms with Crippen molar-refractivity contribution in [3.05, 3.63) is 90.3 Å². The van der Waals surface area contributed by atoms with Crippen LogP contribution < -0.4 is 0 Å². The molecule has 0 aliphatic carbocycles. The Kier molecular flexibility index (Phi) is 4.92. The standard InChI is InChI=1S/C23H23/c1-3-4-12-19-13-6-8-15-21(19)23-17-10-9-16-22(23)20-14-7-5-11-18(20)2/h5-17H,3-4H2,1-2H3. The van der Waals surface area contributed by atoms with E-state index in [0.717, 1.165) is 6.42 Å². The lowest BCUT2D eigenvalue weighted by atomic mass is 9.89. The molecule has 1 radical (unpaired) electrons. The Labute approximate surface area is 139 Å². The molecule has 0 bridgehead atoms. The fourth-order valence-corrected chi connectivity index (χ4v) is 3.05. The normalized spacial score (nSPS) is 10.7. The van der Waals surface area contributed by atoms with Crippen LogP contribution in [0.1, 0.15) is 30.9 Å². The molecule has 3 rings (SSSR count). The Hall–Kier alpha value is -2.34. The first-order valence-corrected chi connectivity index (χ1v) is 8.39. The summed E-state index contributed by atoms with van der Waals surface area (Å²) in [6.07, 6.45) is 4.64. The smallest absolute Gasteiger partial charge is 0.00868 e. The zero-order valence-electron chi connectivity index (χ0n) is 13.9. The van der Waals surface area contributed by atoms with Gasteiger partial charge in [-0.3, -0.25) is 0 Å². The van der Waals surface area contributed by atoms with E-state index in [1.807, 2.05) is 0 Å². The van der Waals surface area contributed by atoms with Crippen LogP contribution in [0.3, 0.4) is 0 Å². The van der Waals surface area contributed by atoms with Gasteiger partial charge in [0.25, 0.3) is 0 Å². The van der Waals surface area contributed by atoms with Gasteiger partial charge in [-0.1, -0.05) is 86.1 Å². The summed E-state index contributed by atoms with van der Waals surface area (Å²) >= 11 is 0. The zero-order chi connectivity index (χ0) is 16.1. The first kappa shape index (κ1) is 15.6. The fraction of sp³-hybridized carbons (Fsp3) is 0.174. The number of hydrogen-bond donors (Lipinski definition) is 0. The van der Waals surface area contributed by atoms with Crippen molar-refractivity contribution in [2.24, 2.45) is 0 Å². The molecule has 0 heteroatoms. The molecule has 0 N–H and O–H groups in total. The minimum atomic E-state index is 1.11. The third kappa shape index (κ3) is 3.37. The molecule has 0 aromatic heterocycles.